The number of carbonyl (C=O) groups excluding carboxylic acids is 1. The van der Waals surface area contributed by atoms with Crippen molar-refractivity contribution in [2.24, 2.45) is 0 Å². The Balaban J connectivity index is 1.74. The summed E-state index contributed by atoms with van der Waals surface area (Å²) in [7, 11) is 0. The van der Waals surface area contributed by atoms with E-state index in [-0.39, 0.29) is 5.78 Å². The smallest absolute Gasteiger partial charge is 0.159 e. The number of fused-ring (bicyclic) bond motifs is 1. The van der Waals surface area contributed by atoms with Crippen LogP contribution in [0.4, 0.5) is 11.5 Å². The molecule has 5 heteroatoms. The van der Waals surface area contributed by atoms with Crippen LogP contribution >= 0.6 is 11.3 Å². The van der Waals surface area contributed by atoms with Crippen molar-refractivity contribution in [3.05, 3.63) is 71.4 Å². The second kappa shape index (κ2) is 7.29. The van der Waals surface area contributed by atoms with Gasteiger partial charge in [0, 0.05) is 22.2 Å². The highest BCUT2D eigenvalue weighted by Gasteiger charge is 2.13. The lowest BCUT2D eigenvalue weighted by Gasteiger charge is -2.09. The Bertz CT molecular complexity index is 1100. The van der Waals surface area contributed by atoms with E-state index in [9.17, 15) is 4.79 Å². The predicted molar refractivity (Wildman–Crippen MR) is 112 cm³/mol. The topological polar surface area (TPSA) is 54.9 Å². The van der Waals surface area contributed by atoms with Gasteiger partial charge in [-0.15, -0.1) is 11.3 Å². The standard InChI is InChI=1S/C22H19N3OS/c1-3-15-4-6-17(7-5-15)19-12-27-22-20(19)21(23-13-24-22)25-18-10-8-16(9-11-18)14(2)26/h4-13H,3H2,1-2H3,(H,23,24,25). The quantitative estimate of drug-likeness (QED) is 0.445. The van der Waals surface area contributed by atoms with Gasteiger partial charge in [-0.05, 0) is 48.7 Å². The van der Waals surface area contributed by atoms with Crippen LogP contribution in [0.3, 0.4) is 0 Å². The molecular weight excluding hydrogens is 354 g/mol. The molecule has 0 unspecified atom stereocenters. The fourth-order valence-corrected chi connectivity index (χ4v) is 3.94. The van der Waals surface area contributed by atoms with Crippen molar-refractivity contribution in [2.45, 2.75) is 20.3 Å². The molecular formula is C22H19N3OS. The first kappa shape index (κ1) is 17.4. The molecule has 2 heterocycles. The molecule has 0 fully saturated rings. The molecule has 0 atom stereocenters. The molecule has 0 aliphatic rings. The largest absolute Gasteiger partial charge is 0.340 e. The molecule has 2 aromatic heterocycles. The number of rotatable bonds is 5. The maximum atomic E-state index is 11.5. The second-order valence-electron chi connectivity index (χ2n) is 6.36. The van der Waals surface area contributed by atoms with Gasteiger partial charge < -0.3 is 5.32 Å². The first-order valence-corrected chi connectivity index (χ1v) is 9.73. The highest BCUT2D eigenvalue weighted by Crippen LogP contribution is 2.37. The van der Waals surface area contributed by atoms with Crippen LogP contribution in [-0.2, 0) is 6.42 Å². The van der Waals surface area contributed by atoms with Gasteiger partial charge in [0.05, 0.1) is 5.39 Å². The first-order valence-electron chi connectivity index (χ1n) is 8.85. The van der Waals surface area contributed by atoms with E-state index in [2.05, 4.69) is 51.9 Å². The van der Waals surface area contributed by atoms with Crippen LogP contribution in [0.1, 0.15) is 29.8 Å². The molecule has 0 amide bonds. The van der Waals surface area contributed by atoms with Gasteiger partial charge in [-0.2, -0.15) is 0 Å². The lowest BCUT2D eigenvalue weighted by Crippen LogP contribution is -1.97. The molecule has 4 rings (SSSR count). The maximum Gasteiger partial charge on any atom is 0.159 e. The highest BCUT2D eigenvalue weighted by atomic mass is 32.1. The fourth-order valence-electron chi connectivity index (χ4n) is 3.03. The maximum absolute atomic E-state index is 11.5. The minimum Gasteiger partial charge on any atom is -0.340 e. The second-order valence-corrected chi connectivity index (χ2v) is 7.22. The van der Waals surface area contributed by atoms with E-state index in [1.165, 1.54) is 5.56 Å². The number of thiophene rings is 1. The monoisotopic (exact) mass is 373 g/mol. The van der Waals surface area contributed by atoms with Crippen molar-refractivity contribution in [1.29, 1.82) is 0 Å². The van der Waals surface area contributed by atoms with Gasteiger partial charge in [-0.3, -0.25) is 4.79 Å². The summed E-state index contributed by atoms with van der Waals surface area (Å²) in [6.07, 6.45) is 2.60. The van der Waals surface area contributed by atoms with Crippen molar-refractivity contribution in [1.82, 2.24) is 9.97 Å². The Morgan fingerprint density at radius 1 is 1.04 bits per heavy atom. The molecule has 4 nitrogen and oxygen atoms in total. The third-order valence-electron chi connectivity index (χ3n) is 4.60. The van der Waals surface area contributed by atoms with E-state index in [4.69, 9.17) is 0 Å². The Labute approximate surface area is 161 Å². The van der Waals surface area contributed by atoms with Gasteiger partial charge in [0.1, 0.15) is 17.0 Å². The summed E-state index contributed by atoms with van der Waals surface area (Å²) in [6, 6.07) is 16.1. The number of nitrogens with zero attached hydrogens (tertiary/aromatic N) is 2. The number of nitrogens with one attached hydrogen (secondary N) is 1. The summed E-state index contributed by atoms with van der Waals surface area (Å²) >= 11 is 1.61. The van der Waals surface area contributed by atoms with E-state index in [0.717, 1.165) is 39.3 Å². The first-order chi connectivity index (χ1) is 13.2. The number of aromatic nitrogens is 2. The lowest BCUT2D eigenvalue weighted by molar-refractivity contribution is 0.101. The zero-order chi connectivity index (χ0) is 18.8. The number of benzene rings is 2. The molecule has 2 aromatic carbocycles. The normalized spacial score (nSPS) is 10.9. The molecule has 27 heavy (non-hydrogen) atoms. The Kier molecular flexibility index (Phi) is 4.69. The Morgan fingerprint density at radius 3 is 2.44 bits per heavy atom. The minimum absolute atomic E-state index is 0.0571. The van der Waals surface area contributed by atoms with Crippen LogP contribution in [-0.4, -0.2) is 15.8 Å². The van der Waals surface area contributed by atoms with E-state index in [1.807, 2.05) is 24.3 Å². The molecule has 0 aliphatic heterocycles. The molecule has 0 saturated carbocycles. The zero-order valence-corrected chi connectivity index (χ0v) is 16.0. The van der Waals surface area contributed by atoms with Crippen molar-refractivity contribution in [2.75, 3.05) is 5.32 Å². The van der Waals surface area contributed by atoms with Gasteiger partial charge >= 0.3 is 0 Å². The van der Waals surface area contributed by atoms with Gasteiger partial charge in [-0.25, -0.2) is 9.97 Å². The summed E-state index contributed by atoms with van der Waals surface area (Å²) < 4.78 is 0. The van der Waals surface area contributed by atoms with Crippen LogP contribution in [0.2, 0.25) is 0 Å². The van der Waals surface area contributed by atoms with Gasteiger partial charge in [0.15, 0.2) is 5.78 Å². The zero-order valence-electron chi connectivity index (χ0n) is 15.2. The molecule has 0 bridgehead atoms. The third kappa shape index (κ3) is 3.46. The summed E-state index contributed by atoms with van der Waals surface area (Å²) in [6.45, 7) is 3.72. The van der Waals surface area contributed by atoms with Crippen molar-refractivity contribution in [3.8, 4) is 11.1 Å². The van der Waals surface area contributed by atoms with E-state index < -0.39 is 0 Å². The highest BCUT2D eigenvalue weighted by molar-refractivity contribution is 7.17. The summed E-state index contributed by atoms with van der Waals surface area (Å²) in [5, 5.41) is 6.52. The summed E-state index contributed by atoms with van der Waals surface area (Å²) in [4.78, 5) is 21.3. The Morgan fingerprint density at radius 2 is 1.78 bits per heavy atom. The molecule has 134 valence electrons. The van der Waals surface area contributed by atoms with E-state index in [0.29, 0.717) is 5.56 Å². The third-order valence-corrected chi connectivity index (χ3v) is 5.48. The van der Waals surface area contributed by atoms with Gasteiger partial charge in [0.25, 0.3) is 0 Å². The lowest BCUT2D eigenvalue weighted by atomic mass is 10.0. The van der Waals surface area contributed by atoms with Crippen LogP contribution in [0.25, 0.3) is 21.3 Å². The van der Waals surface area contributed by atoms with Crippen LogP contribution in [0.15, 0.2) is 60.2 Å². The minimum atomic E-state index is 0.0571. The molecule has 0 radical (unpaired) electrons. The predicted octanol–water partition coefficient (Wildman–Crippen LogP) is 5.87. The van der Waals surface area contributed by atoms with E-state index >= 15 is 0 Å². The number of anilines is 2. The van der Waals surface area contributed by atoms with Crippen molar-refractivity contribution < 1.29 is 4.79 Å². The fraction of sp³-hybridized carbons (Fsp3) is 0.136. The van der Waals surface area contributed by atoms with Crippen LogP contribution in [0.5, 0.6) is 0 Å². The van der Waals surface area contributed by atoms with Crippen LogP contribution in [0, 0.1) is 0 Å². The van der Waals surface area contributed by atoms with Crippen LogP contribution < -0.4 is 5.32 Å². The van der Waals surface area contributed by atoms with Gasteiger partial charge in [-0.1, -0.05) is 31.2 Å². The molecule has 0 aliphatic carbocycles. The summed E-state index contributed by atoms with van der Waals surface area (Å²) in [5.74, 6) is 0.827. The number of hydrogen-bond acceptors (Lipinski definition) is 5. The molecule has 0 spiro atoms. The number of Topliss-reactive ketones (excluding diaryl/α,β-unsaturated/α-hetero) is 1. The molecule has 1 N–H and O–H groups in total. The number of hydrogen-bond donors (Lipinski definition) is 1. The average molecular weight is 373 g/mol. The summed E-state index contributed by atoms with van der Waals surface area (Å²) in [5.41, 5.74) is 5.18. The van der Waals surface area contributed by atoms with Gasteiger partial charge in [0.2, 0.25) is 0 Å². The van der Waals surface area contributed by atoms with Crippen molar-refractivity contribution in [3.63, 3.8) is 0 Å². The van der Waals surface area contributed by atoms with Crippen molar-refractivity contribution >= 4 is 38.8 Å². The number of aryl methyl sites for hydroxylation is 1. The number of ketones is 1. The number of carbonyl (C=O) groups is 1. The Hall–Kier alpha value is -3.05. The van der Waals surface area contributed by atoms with E-state index in [1.54, 1.807) is 24.6 Å². The SMILES string of the molecule is CCc1ccc(-c2csc3ncnc(Nc4ccc(C(C)=O)cc4)c23)cc1. The average Bonchev–Trinajstić information content (AvgIpc) is 3.14. The molecule has 4 aromatic rings. The molecule has 0 saturated heterocycles.